The second-order valence-corrected chi connectivity index (χ2v) is 6.91. The summed E-state index contributed by atoms with van der Waals surface area (Å²) in [6.07, 6.45) is 15.2. The summed E-state index contributed by atoms with van der Waals surface area (Å²) in [6, 6.07) is 1.17. The molecule has 9 heteroatoms. The SMILES string of the molecule is Cl.Cl.O=C(/C=C/c1cnc(N[C@@H]2CCCN(C3CCCCC3)C2)cn1)NO. The molecule has 1 saturated carbocycles. The van der Waals surface area contributed by atoms with Crippen molar-refractivity contribution in [3.05, 3.63) is 24.2 Å². The molecule has 0 radical (unpaired) electrons. The molecule has 0 unspecified atom stereocenters. The normalized spacial score (nSPS) is 21.1. The van der Waals surface area contributed by atoms with Gasteiger partial charge < -0.3 is 5.32 Å². The quantitative estimate of drug-likeness (QED) is 0.387. The first-order valence-corrected chi connectivity index (χ1v) is 9.19. The lowest BCUT2D eigenvalue weighted by Gasteiger charge is -2.40. The van der Waals surface area contributed by atoms with Crippen molar-refractivity contribution in [2.45, 2.75) is 57.0 Å². The maximum Gasteiger partial charge on any atom is 0.267 e. The number of hydroxylamine groups is 1. The van der Waals surface area contributed by atoms with Gasteiger partial charge in [-0.3, -0.25) is 19.9 Å². The van der Waals surface area contributed by atoms with Crippen LogP contribution < -0.4 is 10.8 Å². The molecule has 1 amide bonds. The van der Waals surface area contributed by atoms with Crippen LogP contribution in [0.1, 0.15) is 50.6 Å². The Balaban J connectivity index is 0.00000182. The fourth-order valence-corrected chi connectivity index (χ4v) is 3.81. The van der Waals surface area contributed by atoms with E-state index in [2.05, 4.69) is 20.2 Å². The fraction of sp³-hybridized carbons (Fsp3) is 0.611. The van der Waals surface area contributed by atoms with Crippen LogP contribution in [0.5, 0.6) is 0 Å². The Kier molecular flexibility index (Phi) is 10.6. The highest BCUT2D eigenvalue weighted by Gasteiger charge is 2.26. The second kappa shape index (κ2) is 12.1. The van der Waals surface area contributed by atoms with E-state index in [0.29, 0.717) is 11.7 Å². The number of anilines is 1. The van der Waals surface area contributed by atoms with Crippen LogP contribution in [0, 0.1) is 0 Å². The molecule has 0 bridgehead atoms. The van der Waals surface area contributed by atoms with Gasteiger partial charge in [0.2, 0.25) is 0 Å². The van der Waals surface area contributed by atoms with Crippen LogP contribution in [0.25, 0.3) is 6.08 Å². The molecule has 3 rings (SSSR count). The largest absolute Gasteiger partial charge is 0.365 e. The first-order chi connectivity index (χ1) is 12.2. The van der Waals surface area contributed by atoms with Crippen molar-refractivity contribution in [1.29, 1.82) is 0 Å². The van der Waals surface area contributed by atoms with E-state index < -0.39 is 5.91 Å². The Labute approximate surface area is 172 Å². The number of amides is 1. The van der Waals surface area contributed by atoms with Gasteiger partial charge in [-0.25, -0.2) is 10.5 Å². The van der Waals surface area contributed by atoms with Crippen LogP contribution in [0.3, 0.4) is 0 Å². The van der Waals surface area contributed by atoms with E-state index in [1.54, 1.807) is 17.9 Å². The summed E-state index contributed by atoms with van der Waals surface area (Å²) >= 11 is 0. The zero-order valence-electron chi connectivity index (χ0n) is 15.3. The number of hydrogen-bond acceptors (Lipinski definition) is 6. The van der Waals surface area contributed by atoms with E-state index in [0.717, 1.165) is 24.8 Å². The van der Waals surface area contributed by atoms with Gasteiger partial charge in [-0.15, -0.1) is 24.8 Å². The van der Waals surface area contributed by atoms with Crippen LogP contribution in [-0.4, -0.2) is 51.2 Å². The molecule has 0 spiro atoms. The van der Waals surface area contributed by atoms with Crippen LogP contribution in [-0.2, 0) is 4.79 Å². The number of carbonyl (C=O) groups excluding carboxylic acids is 1. The van der Waals surface area contributed by atoms with Crippen molar-refractivity contribution >= 4 is 42.6 Å². The number of piperidine rings is 1. The summed E-state index contributed by atoms with van der Waals surface area (Å²) < 4.78 is 0. The Morgan fingerprint density at radius 2 is 1.89 bits per heavy atom. The highest BCUT2D eigenvalue weighted by Crippen LogP contribution is 2.26. The molecule has 2 fully saturated rings. The summed E-state index contributed by atoms with van der Waals surface area (Å²) in [5, 5.41) is 11.9. The van der Waals surface area contributed by atoms with E-state index in [1.807, 2.05) is 0 Å². The molecule has 1 aromatic heterocycles. The van der Waals surface area contributed by atoms with Crippen LogP contribution >= 0.6 is 24.8 Å². The third kappa shape index (κ3) is 7.25. The molecule has 3 N–H and O–H groups in total. The first-order valence-electron chi connectivity index (χ1n) is 9.19. The number of halogens is 2. The summed E-state index contributed by atoms with van der Waals surface area (Å²) in [6.45, 7) is 2.29. The van der Waals surface area contributed by atoms with E-state index >= 15 is 0 Å². The molecule has 2 heterocycles. The minimum Gasteiger partial charge on any atom is -0.365 e. The number of hydrogen-bond donors (Lipinski definition) is 3. The molecule has 2 aliphatic rings. The van der Waals surface area contributed by atoms with Crippen LogP contribution in [0.15, 0.2) is 18.5 Å². The Morgan fingerprint density at radius 1 is 1.11 bits per heavy atom. The maximum atomic E-state index is 11.0. The number of nitrogens with one attached hydrogen (secondary N) is 2. The lowest BCUT2D eigenvalue weighted by molar-refractivity contribution is -0.124. The molecule has 1 saturated heterocycles. The van der Waals surface area contributed by atoms with Crippen molar-refractivity contribution < 1.29 is 10.0 Å². The lowest BCUT2D eigenvalue weighted by atomic mass is 9.92. The van der Waals surface area contributed by atoms with Crippen molar-refractivity contribution in [3.8, 4) is 0 Å². The smallest absolute Gasteiger partial charge is 0.267 e. The minimum atomic E-state index is -0.589. The van der Waals surface area contributed by atoms with Gasteiger partial charge in [0.05, 0.1) is 18.1 Å². The van der Waals surface area contributed by atoms with E-state index in [-0.39, 0.29) is 24.8 Å². The van der Waals surface area contributed by atoms with Gasteiger partial charge in [-0.2, -0.15) is 0 Å². The average Bonchev–Trinajstić information content (AvgIpc) is 2.68. The summed E-state index contributed by atoms with van der Waals surface area (Å²) in [7, 11) is 0. The van der Waals surface area contributed by atoms with Crippen molar-refractivity contribution in [1.82, 2.24) is 20.3 Å². The fourth-order valence-electron chi connectivity index (χ4n) is 3.81. The standard InChI is InChI=1S/C18H27N5O2.2ClH/c24-18(22-25)9-8-14-11-20-17(12-19-14)21-15-5-4-10-23(13-15)16-6-2-1-3-7-16;;/h8-9,11-12,15-16,25H,1-7,10,13H2,(H,20,21)(H,22,24);2*1H/b9-8+;;/t15-;;/m1../s1. The third-order valence-corrected chi connectivity index (χ3v) is 5.08. The minimum absolute atomic E-state index is 0. The monoisotopic (exact) mass is 417 g/mol. The van der Waals surface area contributed by atoms with Crippen molar-refractivity contribution in [2.24, 2.45) is 0 Å². The summed E-state index contributed by atoms with van der Waals surface area (Å²) in [5.74, 6) is 0.174. The van der Waals surface area contributed by atoms with Gasteiger partial charge in [0.25, 0.3) is 5.91 Å². The molecule has 27 heavy (non-hydrogen) atoms. The van der Waals surface area contributed by atoms with Gasteiger partial charge >= 0.3 is 0 Å². The van der Waals surface area contributed by atoms with Crippen molar-refractivity contribution in [3.63, 3.8) is 0 Å². The average molecular weight is 418 g/mol. The van der Waals surface area contributed by atoms with E-state index in [1.165, 1.54) is 57.2 Å². The van der Waals surface area contributed by atoms with Crippen molar-refractivity contribution in [2.75, 3.05) is 18.4 Å². The summed E-state index contributed by atoms with van der Waals surface area (Å²) in [4.78, 5) is 22.3. The zero-order chi connectivity index (χ0) is 17.5. The summed E-state index contributed by atoms with van der Waals surface area (Å²) in [5.41, 5.74) is 2.11. The molecule has 1 atom stereocenters. The topological polar surface area (TPSA) is 90.4 Å². The van der Waals surface area contributed by atoms with Gasteiger partial charge in [0.1, 0.15) is 5.82 Å². The molecule has 1 aromatic rings. The van der Waals surface area contributed by atoms with Gasteiger partial charge in [-0.05, 0) is 38.3 Å². The molecule has 0 aromatic carbocycles. The molecular formula is C18H29Cl2N5O2. The number of nitrogens with zero attached hydrogens (tertiary/aromatic N) is 3. The van der Waals surface area contributed by atoms with Crippen LogP contribution in [0.4, 0.5) is 5.82 Å². The Bertz CT molecular complexity index is 594. The van der Waals surface area contributed by atoms with E-state index in [9.17, 15) is 4.79 Å². The highest BCUT2D eigenvalue weighted by molar-refractivity contribution is 5.90. The number of carbonyl (C=O) groups is 1. The number of aromatic nitrogens is 2. The lowest BCUT2D eigenvalue weighted by Crippen LogP contribution is -2.47. The first kappa shape index (κ1) is 23.6. The Morgan fingerprint density at radius 3 is 2.56 bits per heavy atom. The molecule has 7 nitrogen and oxygen atoms in total. The molecule has 1 aliphatic carbocycles. The number of rotatable bonds is 5. The van der Waals surface area contributed by atoms with Gasteiger partial charge in [0, 0.05) is 24.7 Å². The van der Waals surface area contributed by atoms with Gasteiger partial charge in [0.15, 0.2) is 0 Å². The van der Waals surface area contributed by atoms with E-state index in [4.69, 9.17) is 5.21 Å². The third-order valence-electron chi connectivity index (χ3n) is 5.08. The van der Waals surface area contributed by atoms with Gasteiger partial charge in [-0.1, -0.05) is 19.3 Å². The highest BCUT2D eigenvalue weighted by atomic mass is 35.5. The van der Waals surface area contributed by atoms with Crippen LogP contribution in [0.2, 0.25) is 0 Å². The maximum absolute atomic E-state index is 11.0. The number of likely N-dealkylation sites (tertiary alicyclic amines) is 1. The Hall–Kier alpha value is -1.41. The predicted molar refractivity (Wildman–Crippen MR) is 111 cm³/mol. The molecule has 1 aliphatic heterocycles. The molecular weight excluding hydrogens is 389 g/mol. The predicted octanol–water partition coefficient (Wildman–Crippen LogP) is 3.05. The second-order valence-electron chi connectivity index (χ2n) is 6.91. The zero-order valence-corrected chi connectivity index (χ0v) is 17.0. The molecule has 152 valence electrons.